The highest BCUT2D eigenvalue weighted by Gasteiger charge is 2.32. The lowest BCUT2D eigenvalue weighted by Crippen LogP contribution is -2.32. The number of amides is 1. The predicted octanol–water partition coefficient (Wildman–Crippen LogP) is 3.86. The lowest BCUT2D eigenvalue weighted by molar-refractivity contribution is -0.122. The summed E-state index contributed by atoms with van der Waals surface area (Å²) in [6.45, 7) is 7.45. The number of carbonyl (C=O) groups excluding carboxylic acids is 1. The third kappa shape index (κ3) is 5.07. The molecule has 1 saturated carbocycles. The number of phenols is 1. The summed E-state index contributed by atoms with van der Waals surface area (Å²) in [5.41, 5.74) is 1.37. The number of hydrogen-bond acceptors (Lipinski definition) is 2. The maximum atomic E-state index is 12.1. The van der Waals surface area contributed by atoms with Crippen molar-refractivity contribution in [3.8, 4) is 5.75 Å². The second-order valence-corrected chi connectivity index (χ2v) is 7.43. The minimum absolute atomic E-state index is 0.137. The fourth-order valence-electron chi connectivity index (χ4n) is 3.85. The minimum atomic E-state index is 0.137. The molecule has 1 aromatic rings. The molecule has 2 atom stereocenters. The van der Waals surface area contributed by atoms with E-state index in [9.17, 15) is 9.90 Å². The summed E-state index contributed by atoms with van der Waals surface area (Å²) in [7, 11) is 0. The van der Waals surface area contributed by atoms with Crippen LogP contribution in [0.15, 0.2) is 24.3 Å². The van der Waals surface area contributed by atoms with Gasteiger partial charge in [0.2, 0.25) is 5.91 Å². The van der Waals surface area contributed by atoms with Gasteiger partial charge in [-0.3, -0.25) is 4.79 Å². The Labute approximate surface area is 127 Å². The molecule has 0 aliphatic heterocycles. The third-order valence-corrected chi connectivity index (χ3v) is 4.38. The Bertz CT molecular complexity index is 478. The van der Waals surface area contributed by atoms with Crippen LogP contribution in [0, 0.1) is 17.3 Å². The van der Waals surface area contributed by atoms with E-state index >= 15 is 0 Å². The van der Waals surface area contributed by atoms with Crippen LogP contribution in [0.5, 0.6) is 5.75 Å². The van der Waals surface area contributed by atoms with Crippen molar-refractivity contribution < 1.29 is 9.90 Å². The van der Waals surface area contributed by atoms with Crippen molar-refractivity contribution in [1.29, 1.82) is 0 Å². The predicted molar refractivity (Wildman–Crippen MR) is 84.9 cm³/mol. The average Bonchev–Trinajstić information content (AvgIpc) is 2.35. The molecule has 0 saturated heterocycles. The van der Waals surface area contributed by atoms with Crippen LogP contribution in [-0.4, -0.2) is 11.0 Å². The Hall–Kier alpha value is -1.51. The molecule has 1 aliphatic rings. The normalized spacial score (nSPS) is 24.5. The van der Waals surface area contributed by atoms with E-state index in [1.54, 1.807) is 12.1 Å². The van der Waals surface area contributed by atoms with Crippen molar-refractivity contribution in [2.24, 2.45) is 17.3 Å². The largest absolute Gasteiger partial charge is 0.508 e. The fraction of sp³-hybridized carbons (Fsp3) is 0.611. The molecule has 0 radical (unpaired) electrons. The van der Waals surface area contributed by atoms with E-state index < -0.39 is 0 Å². The molecule has 1 aromatic carbocycles. The van der Waals surface area contributed by atoms with Gasteiger partial charge in [0, 0.05) is 13.0 Å². The highest BCUT2D eigenvalue weighted by Crippen LogP contribution is 2.42. The molecular formula is C18H27NO2. The van der Waals surface area contributed by atoms with Crippen LogP contribution in [0.2, 0.25) is 0 Å². The Kier molecular flexibility index (Phi) is 4.92. The van der Waals surface area contributed by atoms with E-state index in [2.05, 4.69) is 26.1 Å². The molecule has 3 nitrogen and oxygen atoms in total. The zero-order valence-electron chi connectivity index (χ0n) is 13.4. The smallest absolute Gasteiger partial charge is 0.220 e. The van der Waals surface area contributed by atoms with Crippen LogP contribution in [0.1, 0.15) is 52.0 Å². The second-order valence-electron chi connectivity index (χ2n) is 7.43. The standard InChI is InChI=1S/C18H27NO2/c1-13-8-15(11-18(2,3)10-13)9-17(21)19-12-14-4-6-16(20)7-5-14/h4-7,13,15,20H,8-12H2,1-3H3,(H,19,21). The molecule has 116 valence electrons. The highest BCUT2D eigenvalue weighted by atomic mass is 16.3. The first kappa shape index (κ1) is 15.9. The number of rotatable bonds is 4. The molecule has 0 heterocycles. The van der Waals surface area contributed by atoms with E-state index in [0.717, 1.165) is 18.4 Å². The zero-order valence-corrected chi connectivity index (χ0v) is 13.4. The number of benzene rings is 1. The number of phenolic OH excluding ortho intramolecular Hbond substituents is 1. The maximum absolute atomic E-state index is 12.1. The van der Waals surface area contributed by atoms with Gasteiger partial charge in [0.25, 0.3) is 0 Å². The Balaban J connectivity index is 1.80. The summed E-state index contributed by atoms with van der Waals surface area (Å²) < 4.78 is 0. The summed E-state index contributed by atoms with van der Waals surface area (Å²) in [6.07, 6.45) is 4.20. The number of nitrogens with one attached hydrogen (secondary N) is 1. The lowest BCUT2D eigenvalue weighted by Gasteiger charge is -2.38. The summed E-state index contributed by atoms with van der Waals surface area (Å²) in [5, 5.41) is 12.2. The van der Waals surface area contributed by atoms with Crippen molar-refractivity contribution in [3.05, 3.63) is 29.8 Å². The van der Waals surface area contributed by atoms with Gasteiger partial charge in [-0.15, -0.1) is 0 Å². The van der Waals surface area contributed by atoms with Gasteiger partial charge in [-0.2, -0.15) is 0 Å². The second kappa shape index (κ2) is 6.50. The van der Waals surface area contributed by atoms with Gasteiger partial charge in [0.15, 0.2) is 0 Å². The van der Waals surface area contributed by atoms with Gasteiger partial charge in [0.05, 0.1) is 0 Å². The van der Waals surface area contributed by atoms with E-state index in [-0.39, 0.29) is 11.7 Å². The summed E-state index contributed by atoms with van der Waals surface area (Å²) >= 11 is 0. The van der Waals surface area contributed by atoms with E-state index in [1.807, 2.05) is 12.1 Å². The van der Waals surface area contributed by atoms with Crippen molar-refractivity contribution in [1.82, 2.24) is 5.32 Å². The lowest BCUT2D eigenvalue weighted by atomic mass is 9.67. The van der Waals surface area contributed by atoms with E-state index in [0.29, 0.717) is 30.2 Å². The first-order valence-electron chi connectivity index (χ1n) is 7.89. The SMILES string of the molecule is CC1CC(CC(=O)NCc2ccc(O)cc2)CC(C)(C)C1. The molecule has 2 unspecified atom stereocenters. The molecule has 21 heavy (non-hydrogen) atoms. The van der Waals surface area contributed by atoms with Crippen LogP contribution >= 0.6 is 0 Å². The molecule has 0 bridgehead atoms. The van der Waals surface area contributed by atoms with Crippen LogP contribution in [-0.2, 0) is 11.3 Å². The molecule has 2 rings (SSSR count). The van der Waals surface area contributed by atoms with Gasteiger partial charge >= 0.3 is 0 Å². The first-order valence-corrected chi connectivity index (χ1v) is 7.89. The first-order chi connectivity index (χ1) is 9.84. The Morgan fingerprint density at radius 1 is 1.29 bits per heavy atom. The van der Waals surface area contributed by atoms with Crippen LogP contribution < -0.4 is 5.32 Å². The molecular weight excluding hydrogens is 262 g/mol. The van der Waals surface area contributed by atoms with Crippen LogP contribution in [0.4, 0.5) is 0 Å². The molecule has 2 N–H and O–H groups in total. The van der Waals surface area contributed by atoms with Gasteiger partial charge in [0.1, 0.15) is 5.75 Å². The molecule has 1 aliphatic carbocycles. The molecule has 0 aromatic heterocycles. The van der Waals surface area contributed by atoms with Gasteiger partial charge in [-0.25, -0.2) is 0 Å². The fourth-order valence-corrected chi connectivity index (χ4v) is 3.85. The molecule has 1 amide bonds. The van der Waals surface area contributed by atoms with E-state index in [4.69, 9.17) is 0 Å². The number of aromatic hydroxyl groups is 1. The summed E-state index contributed by atoms with van der Waals surface area (Å²) in [6, 6.07) is 6.96. The van der Waals surface area contributed by atoms with Crippen LogP contribution in [0.3, 0.4) is 0 Å². The van der Waals surface area contributed by atoms with Gasteiger partial charge in [-0.05, 0) is 54.2 Å². The maximum Gasteiger partial charge on any atom is 0.220 e. The van der Waals surface area contributed by atoms with Crippen LogP contribution in [0.25, 0.3) is 0 Å². The quantitative estimate of drug-likeness (QED) is 0.884. The van der Waals surface area contributed by atoms with Gasteiger partial charge < -0.3 is 10.4 Å². The number of hydrogen-bond donors (Lipinski definition) is 2. The highest BCUT2D eigenvalue weighted by molar-refractivity contribution is 5.76. The van der Waals surface area contributed by atoms with Crippen molar-refractivity contribution in [3.63, 3.8) is 0 Å². The van der Waals surface area contributed by atoms with Crippen molar-refractivity contribution in [2.75, 3.05) is 0 Å². The van der Waals surface area contributed by atoms with Gasteiger partial charge in [-0.1, -0.05) is 32.9 Å². The number of carbonyl (C=O) groups is 1. The minimum Gasteiger partial charge on any atom is -0.508 e. The van der Waals surface area contributed by atoms with Crippen molar-refractivity contribution >= 4 is 5.91 Å². The Morgan fingerprint density at radius 2 is 1.95 bits per heavy atom. The molecule has 0 spiro atoms. The summed E-state index contributed by atoms with van der Waals surface area (Å²) in [5.74, 6) is 1.61. The Morgan fingerprint density at radius 3 is 2.57 bits per heavy atom. The topological polar surface area (TPSA) is 49.3 Å². The monoisotopic (exact) mass is 289 g/mol. The molecule has 1 fully saturated rings. The zero-order chi connectivity index (χ0) is 15.5. The molecule has 3 heteroatoms. The summed E-state index contributed by atoms with van der Waals surface area (Å²) in [4.78, 5) is 12.1. The average molecular weight is 289 g/mol. The van der Waals surface area contributed by atoms with Crippen molar-refractivity contribution in [2.45, 2.75) is 53.0 Å². The third-order valence-electron chi connectivity index (χ3n) is 4.38. The van der Waals surface area contributed by atoms with E-state index in [1.165, 1.54) is 6.42 Å².